The molecule has 0 aliphatic carbocycles. The molecule has 0 radical (unpaired) electrons. The number of aromatic amines is 1. The Morgan fingerprint density at radius 2 is 2.30 bits per heavy atom. The molecule has 2 heterocycles. The van der Waals surface area contributed by atoms with E-state index in [1.807, 2.05) is 6.92 Å². The van der Waals surface area contributed by atoms with Crippen LogP contribution in [0.25, 0.3) is 0 Å². The average molecular weight is 297 g/mol. The molecular formula is C12H19N5O2S. The number of aryl methyl sites for hydroxylation is 1. The summed E-state index contributed by atoms with van der Waals surface area (Å²) in [5.41, 5.74) is 5.35. The normalized spacial score (nSPS) is 19.1. The molecule has 20 heavy (non-hydrogen) atoms. The lowest BCUT2D eigenvalue weighted by Crippen LogP contribution is -2.51. The molecule has 1 fully saturated rings. The van der Waals surface area contributed by atoms with Crippen LogP contribution in [0.1, 0.15) is 32.0 Å². The maximum Gasteiger partial charge on any atom is 0.240 e. The zero-order valence-corrected chi connectivity index (χ0v) is 12.3. The first-order chi connectivity index (χ1) is 9.61. The Hall–Kier alpha value is -1.57. The number of likely N-dealkylation sites (tertiary alicyclic amines) is 1. The minimum Gasteiger partial charge on any atom is -0.368 e. The predicted octanol–water partition coefficient (Wildman–Crippen LogP) is 0.326. The van der Waals surface area contributed by atoms with Crippen molar-refractivity contribution in [2.45, 2.75) is 43.8 Å². The summed E-state index contributed by atoms with van der Waals surface area (Å²) in [6.07, 6.45) is 3.29. The van der Waals surface area contributed by atoms with Gasteiger partial charge in [-0.15, -0.1) is 5.10 Å². The summed E-state index contributed by atoms with van der Waals surface area (Å²) in [4.78, 5) is 29.4. The van der Waals surface area contributed by atoms with E-state index in [0.29, 0.717) is 18.1 Å². The van der Waals surface area contributed by atoms with Gasteiger partial charge in [-0.25, -0.2) is 4.98 Å². The highest BCUT2D eigenvalue weighted by atomic mass is 32.2. The van der Waals surface area contributed by atoms with Gasteiger partial charge in [0, 0.05) is 13.0 Å². The van der Waals surface area contributed by atoms with Gasteiger partial charge in [-0.05, 0) is 19.3 Å². The van der Waals surface area contributed by atoms with Gasteiger partial charge in [-0.3, -0.25) is 14.7 Å². The summed E-state index contributed by atoms with van der Waals surface area (Å²) >= 11 is 1.28. The monoisotopic (exact) mass is 297 g/mol. The van der Waals surface area contributed by atoms with Crippen molar-refractivity contribution < 1.29 is 9.59 Å². The Morgan fingerprint density at radius 3 is 2.95 bits per heavy atom. The van der Waals surface area contributed by atoms with Crippen LogP contribution in [0.3, 0.4) is 0 Å². The third-order valence-electron chi connectivity index (χ3n) is 3.32. The van der Waals surface area contributed by atoms with Crippen LogP contribution in [-0.4, -0.2) is 50.2 Å². The molecular weight excluding hydrogens is 278 g/mol. The Morgan fingerprint density at radius 1 is 1.50 bits per heavy atom. The van der Waals surface area contributed by atoms with Crippen molar-refractivity contribution in [3.63, 3.8) is 0 Å². The number of hydrogen-bond acceptors (Lipinski definition) is 5. The zero-order chi connectivity index (χ0) is 14.5. The van der Waals surface area contributed by atoms with Gasteiger partial charge >= 0.3 is 0 Å². The van der Waals surface area contributed by atoms with Gasteiger partial charge in [0.15, 0.2) is 0 Å². The molecule has 0 saturated carbocycles. The van der Waals surface area contributed by atoms with Crippen molar-refractivity contribution in [3.05, 3.63) is 5.82 Å². The number of nitrogens with zero attached hydrogens (tertiary/aromatic N) is 3. The van der Waals surface area contributed by atoms with Crippen LogP contribution in [0, 0.1) is 0 Å². The quantitative estimate of drug-likeness (QED) is 0.762. The largest absolute Gasteiger partial charge is 0.368 e. The van der Waals surface area contributed by atoms with Crippen molar-refractivity contribution in [2.75, 3.05) is 12.3 Å². The number of primary amides is 1. The number of H-pyrrole nitrogens is 1. The Balaban J connectivity index is 1.91. The second-order valence-electron chi connectivity index (χ2n) is 4.71. The van der Waals surface area contributed by atoms with Crippen LogP contribution >= 0.6 is 11.8 Å². The molecule has 1 atom stereocenters. The molecule has 1 saturated heterocycles. The molecule has 1 aromatic heterocycles. The van der Waals surface area contributed by atoms with Crippen molar-refractivity contribution in [1.82, 2.24) is 20.1 Å². The summed E-state index contributed by atoms with van der Waals surface area (Å²) < 4.78 is 0. The van der Waals surface area contributed by atoms with Gasteiger partial charge in [0.1, 0.15) is 11.9 Å². The van der Waals surface area contributed by atoms with E-state index in [1.165, 1.54) is 11.8 Å². The molecule has 1 aliphatic rings. The Bertz CT molecular complexity index is 490. The van der Waals surface area contributed by atoms with Gasteiger partial charge in [0.2, 0.25) is 17.0 Å². The number of amides is 2. The van der Waals surface area contributed by atoms with Crippen LogP contribution in [0.15, 0.2) is 5.16 Å². The van der Waals surface area contributed by atoms with E-state index in [9.17, 15) is 9.59 Å². The molecule has 0 bridgehead atoms. The number of nitrogens with one attached hydrogen (secondary N) is 1. The molecule has 0 spiro atoms. The second kappa shape index (κ2) is 6.74. The summed E-state index contributed by atoms with van der Waals surface area (Å²) in [6, 6.07) is -0.463. The van der Waals surface area contributed by atoms with Crippen molar-refractivity contribution in [1.29, 1.82) is 0 Å². The lowest BCUT2D eigenvalue weighted by molar-refractivity contribution is -0.138. The number of rotatable bonds is 5. The fourth-order valence-corrected chi connectivity index (χ4v) is 2.94. The van der Waals surface area contributed by atoms with Gasteiger partial charge in [-0.1, -0.05) is 18.7 Å². The third-order valence-corrected chi connectivity index (χ3v) is 4.15. The van der Waals surface area contributed by atoms with Crippen molar-refractivity contribution in [2.24, 2.45) is 5.73 Å². The van der Waals surface area contributed by atoms with Crippen LogP contribution in [0.4, 0.5) is 0 Å². The first-order valence-corrected chi connectivity index (χ1v) is 7.73. The van der Waals surface area contributed by atoms with E-state index in [1.54, 1.807) is 4.90 Å². The minimum absolute atomic E-state index is 0.0821. The molecule has 2 rings (SSSR count). The average Bonchev–Trinajstić information content (AvgIpc) is 2.92. The Kier molecular flexibility index (Phi) is 4.99. The van der Waals surface area contributed by atoms with Crippen molar-refractivity contribution in [3.8, 4) is 0 Å². The number of nitrogens with two attached hydrogens (primary N) is 1. The number of hydrogen-bond donors (Lipinski definition) is 2. The molecule has 8 heteroatoms. The highest BCUT2D eigenvalue weighted by Gasteiger charge is 2.30. The fraction of sp³-hybridized carbons (Fsp3) is 0.667. The molecule has 1 unspecified atom stereocenters. The number of carbonyl (C=O) groups is 2. The summed E-state index contributed by atoms with van der Waals surface area (Å²) in [7, 11) is 0. The molecule has 7 nitrogen and oxygen atoms in total. The minimum atomic E-state index is -0.463. The second-order valence-corrected chi connectivity index (χ2v) is 5.65. The van der Waals surface area contributed by atoms with E-state index in [4.69, 9.17) is 5.73 Å². The number of piperidine rings is 1. The highest BCUT2D eigenvalue weighted by molar-refractivity contribution is 7.99. The smallest absolute Gasteiger partial charge is 0.240 e. The Labute approximate surface area is 121 Å². The molecule has 1 aromatic rings. The molecule has 0 aromatic carbocycles. The number of aromatic nitrogens is 3. The van der Waals surface area contributed by atoms with Gasteiger partial charge < -0.3 is 10.6 Å². The zero-order valence-electron chi connectivity index (χ0n) is 11.5. The first kappa shape index (κ1) is 14.8. The lowest BCUT2D eigenvalue weighted by Gasteiger charge is -2.33. The molecule has 110 valence electrons. The number of thioether (sulfide) groups is 1. The summed E-state index contributed by atoms with van der Waals surface area (Å²) in [5.74, 6) is 0.522. The lowest BCUT2D eigenvalue weighted by atomic mass is 10.0. The van der Waals surface area contributed by atoms with Crippen LogP contribution < -0.4 is 5.73 Å². The molecule has 2 amide bonds. The van der Waals surface area contributed by atoms with Crippen LogP contribution in [0.2, 0.25) is 0 Å². The highest BCUT2D eigenvalue weighted by Crippen LogP contribution is 2.20. The maximum absolute atomic E-state index is 12.2. The molecule has 1 aliphatic heterocycles. The van der Waals surface area contributed by atoms with Crippen LogP contribution in [-0.2, 0) is 16.0 Å². The van der Waals surface area contributed by atoms with E-state index in [-0.39, 0.29) is 11.7 Å². The van der Waals surface area contributed by atoms with E-state index >= 15 is 0 Å². The fourth-order valence-electron chi connectivity index (χ4n) is 2.24. The SMILES string of the molecule is CCc1nc(SCC(=O)N2CCCCC2C(N)=O)n[nH]1. The maximum atomic E-state index is 12.2. The third kappa shape index (κ3) is 3.50. The predicted molar refractivity (Wildman–Crippen MR) is 75.0 cm³/mol. The van der Waals surface area contributed by atoms with Gasteiger partial charge in [0.25, 0.3) is 0 Å². The molecule has 3 N–H and O–H groups in total. The standard InChI is InChI=1S/C12H19N5O2S/c1-2-9-14-12(16-15-9)20-7-10(18)17-6-4-3-5-8(17)11(13)19/h8H,2-7H2,1H3,(H2,13,19)(H,14,15,16). The topological polar surface area (TPSA) is 105 Å². The van der Waals surface area contributed by atoms with Crippen LogP contribution in [0.5, 0.6) is 0 Å². The van der Waals surface area contributed by atoms with E-state index in [0.717, 1.165) is 25.1 Å². The van der Waals surface area contributed by atoms with Gasteiger partial charge in [-0.2, -0.15) is 0 Å². The summed E-state index contributed by atoms with van der Waals surface area (Å²) in [5, 5.41) is 7.39. The summed E-state index contributed by atoms with van der Waals surface area (Å²) in [6.45, 7) is 2.58. The number of carbonyl (C=O) groups excluding carboxylic acids is 2. The van der Waals surface area contributed by atoms with Crippen molar-refractivity contribution >= 4 is 23.6 Å². The van der Waals surface area contributed by atoms with E-state index < -0.39 is 11.9 Å². The van der Waals surface area contributed by atoms with Gasteiger partial charge in [0.05, 0.1) is 5.75 Å². The van der Waals surface area contributed by atoms with E-state index in [2.05, 4.69) is 15.2 Å². The first-order valence-electron chi connectivity index (χ1n) is 6.74.